The molecule has 0 aliphatic rings. The molecule has 0 radical (unpaired) electrons. The molecular formula is C24H34N2O6S. The Morgan fingerprint density at radius 1 is 1.15 bits per heavy atom. The molecule has 2 rings (SSSR count). The van der Waals surface area contributed by atoms with Crippen molar-refractivity contribution >= 4 is 23.4 Å². The predicted octanol–water partition coefficient (Wildman–Crippen LogP) is 4.14. The van der Waals surface area contributed by atoms with Gasteiger partial charge in [-0.05, 0) is 68.5 Å². The van der Waals surface area contributed by atoms with Crippen molar-refractivity contribution in [3.05, 3.63) is 40.6 Å². The molecule has 0 saturated heterocycles. The third kappa shape index (κ3) is 7.52. The van der Waals surface area contributed by atoms with E-state index in [1.54, 1.807) is 24.9 Å². The first kappa shape index (κ1) is 26.8. The van der Waals surface area contributed by atoms with Crippen LogP contribution in [0.3, 0.4) is 0 Å². The van der Waals surface area contributed by atoms with Gasteiger partial charge in [-0.15, -0.1) is 0 Å². The number of thioether (sulfide) groups is 1. The van der Waals surface area contributed by atoms with Gasteiger partial charge < -0.3 is 29.4 Å². The van der Waals surface area contributed by atoms with Gasteiger partial charge in [0.25, 0.3) is 0 Å². The van der Waals surface area contributed by atoms with Crippen LogP contribution in [0, 0.1) is 20.8 Å². The van der Waals surface area contributed by atoms with Crippen LogP contribution in [0.15, 0.2) is 18.2 Å². The van der Waals surface area contributed by atoms with Crippen molar-refractivity contribution in [2.75, 3.05) is 51.4 Å². The molecule has 0 aliphatic carbocycles. The lowest BCUT2D eigenvalue weighted by Gasteiger charge is -2.21. The molecule has 0 saturated carbocycles. The minimum absolute atomic E-state index is 0.0680. The summed E-state index contributed by atoms with van der Waals surface area (Å²) in [6, 6.07) is 5.28. The summed E-state index contributed by atoms with van der Waals surface area (Å²) >= 11 is 1.69. The summed E-state index contributed by atoms with van der Waals surface area (Å²) in [5, 5.41) is 13.1. The molecule has 2 N–H and O–H groups in total. The fraction of sp³-hybridized carbons (Fsp3) is 0.500. The van der Waals surface area contributed by atoms with Gasteiger partial charge in [-0.3, -0.25) is 0 Å². The summed E-state index contributed by atoms with van der Waals surface area (Å²) in [6.45, 7) is 6.50. The largest absolute Gasteiger partial charge is 0.491 e. The normalized spacial score (nSPS) is 11.7. The summed E-state index contributed by atoms with van der Waals surface area (Å²) in [6.07, 6.45) is 2.74. The Hall–Kier alpha value is -2.49. The smallest absolute Gasteiger partial charge is 0.345 e. The number of aliphatic hydroxyl groups excluding tert-OH is 1. The third-order valence-corrected chi connectivity index (χ3v) is 5.59. The minimum atomic E-state index is -0.573. The summed E-state index contributed by atoms with van der Waals surface area (Å²) in [5.74, 6) is 1.74. The van der Waals surface area contributed by atoms with Gasteiger partial charge in [-0.1, -0.05) is 0 Å². The lowest BCUT2D eigenvalue weighted by Crippen LogP contribution is -2.26. The van der Waals surface area contributed by atoms with E-state index in [2.05, 4.69) is 10.3 Å². The van der Waals surface area contributed by atoms with E-state index in [1.165, 1.54) is 7.11 Å². The summed E-state index contributed by atoms with van der Waals surface area (Å²) in [5.41, 5.74) is 3.04. The van der Waals surface area contributed by atoms with Crippen molar-refractivity contribution in [3.63, 3.8) is 0 Å². The molecule has 1 atom stereocenters. The Morgan fingerprint density at radius 2 is 1.85 bits per heavy atom. The summed E-state index contributed by atoms with van der Waals surface area (Å²) < 4.78 is 22.0. The van der Waals surface area contributed by atoms with Crippen molar-refractivity contribution in [2.45, 2.75) is 33.2 Å². The highest BCUT2D eigenvalue weighted by molar-refractivity contribution is 7.98. The monoisotopic (exact) mass is 478 g/mol. The molecule has 9 heteroatoms. The van der Waals surface area contributed by atoms with Gasteiger partial charge in [-0.25, -0.2) is 9.78 Å². The van der Waals surface area contributed by atoms with Gasteiger partial charge in [0.05, 0.1) is 32.1 Å². The van der Waals surface area contributed by atoms with E-state index in [4.69, 9.17) is 18.9 Å². The number of nitrogens with zero attached hydrogens (tertiary/aromatic N) is 1. The number of hydrogen-bond donors (Lipinski definition) is 2. The number of anilines is 1. The van der Waals surface area contributed by atoms with E-state index in [0.717, 1.165) is 23.3 Å². The SMILES string of the molecule is COCCOc1cc(C)c(Oc2nc(C)cc(NC(CO)CCSC)c2C(=O)OC)c(C)c1. The maximum Gasteiger partial charge on any atom is 0.345 e. The number of nitrogens with one attached hydrogen (secondary N) is 1. The highest BCUT2D eigenvalue weighted by Gasteiger charge is 2.24. The Morgan fingerprint density at radius 3 is 2.42 bits per heavy atom. The molecule has 182 valence electrons. The summed E-state index contributed by atoms with van der Waals surface area (Å²) in [4.78, 5) is 17.2. The van der Waals surface area contributed by atoms with Crippen LogP contribution < -0.4 is 14.8 Å². The first-order valence-corrected chi connectivity index (χ1v) is 12.1. The number of aryl methyl sites for hydroxylation is 3. The fourth-order valence-electron chi connectivity index (χ4n) is 3.32. The molecule has 1 aromatic heterocycles. The summed E-state index contributed by atoms with van der Waals surface area (Å²) in [7, 11) is 2.94. The Kier molecular flexibility index (Phi) is 10.8. The molecule has 1 unspecified atom stereocenters. The number of carbonyl (C=O) groups excluding carboxylic acids is 1. The van der Waals surface area contributed by atoms with Gasteiger partial charge in [0.15, 0.2) is 0 Å². The maximum absolute atomic E-state index is 12.7. The number of ether oxygens (including phenoxy) is 4. The van der Waals surface area contributed by atoms with Gasteiger partial charge in [0.1, 0.15) is 23.7 Å². The molecule has 2 aromatic rings. The number of esters is 1. The Labute approximate surface area is 200 Å². The van der Waals surface area contributed by atoms with Crippen LogP contribution in [-0.4, -0.2) is 68.2 Å². The average molecular weight is 479 g/mol. The molecule has 0 aliphatic heterocycles. The third-order valence-electron chi connectivity index (χ3n) is 4.94. The number of hydrogen-bond acceptors (Lipinski definition) is 9. The molecule has 0 amide bonds. The number of methoxy groups -OCH3 is 2. The zero-order valence-electron chi connectivity index (χ0n) is 20.2. The van der Waals surface area contributed by atoms with Gasteiger partial charge >= 0.3 is 5.97 Å². The molecule has 33 heavy (non-hydrogen) atoms. The van der Waals surface area contributed by atoms with Gasteiger partial charge in [0.2, 0.25) is 5.88 Å². The second-order valence-electron chi connectivity index (χ2n) is 7.62. The van der Waals surface area contributed by atoms with Crippen LogP contribution in [0.1, 0.15) is 33.6 Å². The number of benzene rings is 1. The van der Waals surface area contributed by atoms with Crippen LogP contribution in [0.4, 0.5) is 5.69 Å². The van der Waals surface area contributed by atoms with E-state index < -0.39 is 5.97 Å². The van der Waals surface area contributed by atoms with E-state index >= 15 is 0 Å². The number of pyridine rings is 1. The number of aromatic nitrogens is 1. The lowest BCUT2D eigenvalue weighted by atomic mass is 10.1. The lowest BCUT2D eigenvalue weighted by molar-refractivity contribution is 0.0598. The van der Waals surface area contributed by atoms with Crippen molar-refractivity contribution < 1.29 is 28.8 Å². The second-order valence-corrected chi connectivity index (χ2v) is 8.60. The van der Waals surface area contributed by atoms with Crippen LogP contribution in [-0.2, 0) is 9.47 Å². The molecule has 8 nitrogen and oxygen atoms in total. The first-order chi connectivity index (χ1) is 15.8. The highest BCUT2D eigenvalue weighted by atomic mass is 32.2. The standard InChI is InChI=1S/C24H34N2O6S/c1-15-11-19(31-9-8-29-4)12-16(2)22(15)32-23-21(24(28)30-5)20(13-17(3)25-23)26-18(14-27)7-10-33-6/h11-13,18,27H,7-10,14H2,1-6H3,(H,25,26). The van der Waals surface area contributed by atoms with E-state index in [9.17, 15) is 9.90 Å². The number of carbonyl (C=O) groups is 1. The molecule has 0 bridgehead atoms. The number of aliphatic hydroxyl groups is 1. The number of rotatable bonds is 13. The van der Waals surface area contributed by atoms with Crippen molar-refractivity contribution in [3.8, 4) is 17.4 Å². The van der Waals surface area contributed by atoms with Crippen LogP contribution >= 0.6 is 11.8 Å². The van der Waals surface area contributed by atoms with E-state index in [1.807, 2.05) is 39.2 Å². The Bertz CT molecular complexity index is 914. The zero-order valence-corrected chi connectivity index (χ0v) is 21.0. The second kappa shape index (κ2) is 13.3. The average Bonchev–Trinajstić information content (AvgIpc) is 2.78. The quantitative estimate of drug-likeness (QED) is 0.325. The van der Waals surface area contributed by atoms with Gasteiger partial charge in [0, 0.05) is 12.8 Å². The predicted molar refractivity (Wildman–Crippen MR) is 131 cm³/mol. The Balaban J connectivity index is 2.43. The molecule has 0 spiro atoms. The molecule has 0 fully saturated rings. The van der Waals surface area contributed by atoms with E-state index in [0.29, 0.717) is 36.1 Å². The molecule has 1 heterocycles. The van der Waals surface area contributed by atoms with Crippen molar-refractivity contribution in [1.82, 2.24) is 4.98 Å². The topological polar surface area (TPSA) is 99.1 Å². The van der Waals surface area contributed by atoms with Crippen LogP contribution in [0.25, 0.3) is 0 Å². The van der Waals surface area contributed by atoms with Crippen molar-refractivity contribution in [2.24, 2.45) is 0 Å². The van der Waals surface area contributed by atoms with E-state index in [-0.39, 0.29) is 24.1 Å². The fourth-order valence-corrected chi connectivity index (χ4v) is 3.84. The van der Waals surface area contributed by atoms with Crippen molar-refractivity contribution in [1.29, 1.82) is 0 Å². The van der Waals surface area contributed by atoms with Gasteiger partial charge in [-0.2, -0.15) is 11.8 Å². The minimum Gasteiger partial charge on any atom is -0.491 e. The maximum atomic E-state index is 12.7. The zero-order chi connectivity index (χ0) is 24.4. The van der Waals surface area contributed by atoms with Crippen LogP contribution in [0.2, 0.25) is 0 Å². The first-order valence-electron chi connectivity index (χ1n) is 10.7. The highest BCUT2D eigenvalue weighted by Crippen LogP contribution is 2.36. The van der Waals surface area contributed by atoms with Crippen LogP contribution in [0.5, 0.6) is 17.4 Å². The molecular weight excluding hydrogens is 444 g/mol. The molecule has 1 aromatic carbocycles.